The second kappa shape index (κ2) is 6.80. The largest absolute Gasteiger partial charge is 0.366 e. The maximum atomic E-state index is 13.6. The van der Waals surface area contributed by atoms with Gasteiger partial charge in [0, 0.05) is 25.2 Å². The van der Waals surface area contributed by atoms with Crippen molar-refractivity contribution in [1.82, 2.24) is 5.32 Å². The lowest BCUT2D eigenvalue weighted by Crippen LogP contribution is -2.35. The predicted octanol–water partition coefficient (Wildman–Crippen LogP) is 2.70. The second-order valence-corrected chi connectivity index (χ2v) is 5.34. The zero-order valence-electron chi connectivity index (χ0n) is 11.9. The molecule has 1 aromatic rings. The van der Waals surface area contributed by atoms with Crippen molar-refractivity contribution in [1.29, 1.82) is 0 Å². The van der Waals surface area contributed by atoms with E-state index in [4.69, 9.17) is 0 Å². The molecule has 2 rings (SSSR count). The topological polar surface area (TPSA) is 58.4 Å². The highest BCUT2D eigenvalue weighted by atomic mass is 19.1. The van der Waals surface area contributed by atoms with Crippen LogP contribution >= 0.6 is 0 Å². The van der Waals surface area contributed by atoms with E-state index in [0.29, 0.717) is 25.1 Å². The van der Waals surface area contributed by atoms with Crippen molar-refractivity contribution < 1.29 is 13.7 Å². The number of benzene rings is 1. The predicted molar refractivity (Wildman–Crippen MR) is 76.5 cm³/mol. The van der Waals surface area contributed by atoms with Gasteiger partial charge in [-0.1, -0.05) is 0 Å². The molecule has 0 saturated carbocycles. The normalized spacial score (nSPS) is 16.2. The Morgan fingerprint density at radius 3 is 2.62 bits per heavy atom. The van der Waals surface area contributed by atoms with Gasteiger partial charge < -0.3 is 10.2 Å². The first-order valence-corrected chi connectivity index (χ1v) is 7.06. The van der Waals surface area contributed by atoms with E-state index in [-0.39, 0.29) is 5.69 Å². The molecule has 1 heterocycles. The summed E-state index contributed by atoms with van der Waals surface area (Å²) in [4.78, 5) is 11.9. The molecule has 5 nitrogen and oxygen atoms in total. The first-order valence-electron chi connectivity index (χ1n) is 7.06. The molecule has 0 unspecified atom stereocenters. The fraction of sp³-hybridized carbons (Fsp3) is 0.571. The highest BCUT2D eigenvalue weighted by molar-refractivity contribution is 5.64. The lowest BCUT2D eigenvalue weighted by Gasteiger charge is -2.33. The first-order chi connectivity index (χ1) is 10.0. The molecular formula is C14H19F2N3O2. The summed E-state index contributed by atoms with van der Waals surface area (Å²) in [7, 11) is 1.90. The number of hydrogen-bond acceptors (Lipinski definition) is 4. The van der Waals surface area contributed by atoms with E-state index >= 15 is 0 Å². The maximum Gasteiger partial charge on any atom is 0.328 e. The molecule has 0 spiro atoms. The van der Waals surface area contributed by atoms with E-state index in [2.05, 4.69) is 5.32 Å². The van der Waals surface area contributed by atoms with Crippen molar-refractivity contribution in [3.63, 3.8) is 0 Å². The Morgan fingerprint density at radius 1 is 1.38 bits per heavy atom. The Balaban J connectivity index is 2.14. The summed E-state index contributed by atoms with van der Waals surface area (Å²) >= 11 is 0. The van der Waals surface area contributed by atoms with Crippen molar-refractivity contribution >= 4 is 11.4 Å². The van der Waals surface area contributed by atoms with Gasteiger partial charge in [-0.3, -0.25) is 10.1 Å². The summed E-state index contributed by atoms with van der Waals surface area (Å²) in [6, 6.07) is 1.61. The van der Waals surface area contributed by atoms with Crippen molar-refractivity contribution in [3.05, 3.63) is 33.9 Å². The molecule has 0 aliphatic carbocycles. The number of anilines is 1. The molecule has 0 radical (unpaired) electrons. The van der Waals surface area contributed by atoms with Crippen molar-refractivity contribution in [3.8, 4) is 0 Å². The third-order valence-electron chi connectivity index (χ3n) is 3.95. The highest BCUT2D eigenvalue weighted by Gasteiger charge is 2.28. The van der Waals surface area contributed by atoms with Crippen LogP contribution in [-0.4, -0.2) is 31.6 Å². The van der Waals surface area contributed by atoms with Crippen LogP contribution in [0.5, 0.6) is 0 Å². The SMILES string of the molecule is CNCCC1CCN(c2cc(F)cc(F)c2[N+](=O)[O-])CC1. The highest BCUT2D eigenvalue weighted by Crippen LogP contribution is 2.34. The summed E-state index contributed by atoms with van der Waals surface area (Å²) in [5, 5.41) is 14.1. The van der Waals surface area contributed by atoms with E-state index < -0.39 is 22.2 Å². The summed E-state index contributed by atoms with van der Waals surface area (Å²) in [5.41, 5.74) is -0.588. The summed E-state index contributed by atoms with van der Waals surface area (Å²) in [5.74, 6) is -1.36. The maximum absolute atomic E-state index is 13.6. The molecule has 21 heavy (non-hydrogen) atoms. The molecule has 0 bridgehead atoms. The minimum atomic E-state index is -1.12. The van der Waals surface area contributed by atoms with E-state index in [1.165, 1.54) is 0 Å². The number of nitrogens with zero attached hydrogens (tertiary/aromatic N) is 2. The summed E-state index contributed by atoms with van der Waals surface area (Å²) in [6.45, 7) is 2.09. The van der Waals surface area contributed by atoms with E-state index in [9.17, 15) is 18.9 Å². The van der Waals surface area contributed by atoms with Crippen LogP contribution in [0, 0.1) is 27.7 Å². The molecule has 0 amide bonds. The minimum Gasteiger partial charge on any atom is -0.366 e. The van der Waals surface area contributed by atoms with E-state index in [1.54, 1.807) is 4.90 Å². The van der Waals surface area contributed by atoms with Crippen molar-refractivity contribution in [2.75, 3.05) is 31.6 Å². The molecule has 116 valence electrons. The third-order valence-corrected chi connectivity index (χ3v) is 3.95. The van der Waals surface area contributed by atoms with Gasteiger partial charge in [-0.25, -0.2) is 4.39 Å². The average Bonchev–Trinajstić information content (AvgIpc) is 2.44. The number of piperidine rings is 1. The number of halogens is 2. The zero-order chi connectivity index (χ0) is 15.4. The Bertz CT molecular complexity index is 517. The number of nitro groups is 1. The van der Waals surface area contributed by atoms with Gasteiger partial charge in [0.2, 0.25) is 5.82 Å². The van der Waals surface area contributed by atoms with Gasteiger partial charge in [-0.05, 0) is 38.8 Å². The molecule has 1 saturated heterocycles. The monoisotopic (exact) mass is 299 g/mol. The van der Waals surface area contributed by atoms with Gasteiger partial charge in [0.15, 0.2) is 0 Å². The Morgan fingerprint density at radius 2 is 2.05 bits per heavy atom. The van der Waals surface area contributed by atoms with Gasteiger partial charge in [-0.15, -0.1) is 0 Å². The second-order valence-electron chi connectivity index (χ2n) is 5.34. The zero-order valence-corrected chi connectivity index (χ0v) is 11.9. The van der Waals surface area contributed by atoms with Crippen LogP contribution in [-0.2, 0) is 0 Å². The lowest BCUT2D eigenvalue weighted by molar-refractivity contribution is -0.386. The quantitative estimate of drug-likeness (QED) is 0.671. The van der Waals surface area contributed by atoms with Crippen LogP contribution in [0.1, 0.15) is 19.3 Å². The van der Waals surface area contributed by atoms with E-state index in [0.717, 1.165) is 31.9 Å². The van der Waals surface area contributed by atoms with Gasteiger partial charge >= 0.3 is 5.69 Å². The minimum absolute atomic E-state index is 0.0459. The average molecular weight is 299 g/mol. The van der Waals surface area contributed by atoms with Crippen LogP contribution in [0.3, 0.4) is 0 Å². The fourth-order valence-corrected chi connectivity index (χ4v) is 2.79. The lowest BCUT2D eigenvalue weighted by atomic mass is 9.93. The molecule has 1 aliphatic heterocycles. The molecule has 1 aromatic carbocycles. The molecule has 0 atom stereocenters. The molecule has 7 heteroatoms. The van der Waals surface area contributed by atoms with Crippen LogP contribution in [0.4, 0.5) is 20.2 Å². The molecule has 1 N–H and O–H groups in total. The smallest absolute Gasteiger partial charge is 0.328 e. The molecule has 1 aliphatic rings. The van der Waals surface area contributed by atoms with Crippen LogP contribution in [0.2, 0.25) is 0 Å². The van der Waals surface area contributed by atoms with Gasteiger partial charge in [0.05, 0.1) is 4.92 Å². The van der Waals surface area contributed by atoms with Crippen molar-refractivity contribution in [2.24, 2.45) is 5.92 Å². The Kier molecular flexibility index (Phi) is 5.06. The van der Waals surface area contributed by atoms with Crippen molar-refractivity contribution in [2.45, 2.75) is 19.3 Å². The third kappa shape index (κ3) is 3.66. The van der Waals surface area contributed by atoms with Gasteiger partial charge in [0.25, 0.3) is 0 Å². The summed E-state index contributed by atoms with van der Waals surface area (Å²) in [6.07, 6.45) is 2.79. The first kappa shape index (κ1) is 15.6. The van der Waals surface area contributed by atoms with Crippen LogP contribution in [0.25, 0.3) is 0 Å². The summed E-state index contributed by atoms with van der Waals surface area (Å²) < 4.78 is 27.0. The van der Waals surface area contributed by atoms with Gasteiger partial charge in [-0.2, -0.15) is 4.39 Å². The number of hydrogen-bond donors (Lipinski definition) is 1. The number of rotatable bonds is 5. The van der Waals surface area contributed by atoms with Crippen LogP contribution in [0.15, 0.2) is 12.1 Å². The number of nitro benzene ring substituents is 1. The van der Waals surface area contributed by atoms with E-state index in [1.807, 2.05) is 7.05 Å². The van der Waals surface area contributed by atoms with Crippen LogP contribution < -0.4 is 10.2 Å². The molecular weight excluding hydrogens is 280 g/mol. The standard InChI is InChI=1S/C14H19F2N3O2/c1-17-5-2-10-3-6-18(7-4-10)13-9-11(15)8-12(16)14(13)19(20)21/h8-10,17H,2-7H2,1H3. The fourth-order valence-electron chi connectivity index (χ4n) is 2.79. The number of nitrogens with one attached hydrogen (secondary N) is 1. The Labute approximate surface area is 122 Å². The molecule has 1 fully saturated rings. The Hall–Kier alpha value is -1.76. The van der Waals surface area contributed by atoms with Gasteiger partial charge in [0.1, 0.15) is 11.5 Å². The molecule has 0 aromatic heterocycles.